The van der Waals surface area contributed by atoms with Crippen LogP contribution >= 0.6 is 0 Å². The van der Waals surface area contributed by atoms with Crippen LogP contribution in [-0.4, -0.2) is 62.9 Å². The number of hydrogen-bond donors (Lipinski definition) is 2. The van der Waals surface area contributed by atoms with E-state index < -0.39 is 5.97 Å². The van der Waals surface area contributed by atoms with Crippen molar-refractivity contribution in [2.75, 3.05) is 46.9 Å². The third-order valence-corrected chi connectivity index (χ3v) is 1.86. The van der Waals surface area contributed by atoms with Crippen LogP contribution in [-0.2, 0) is 9.53 Å². The first-order valence-electron chi connectivity index (χ1n) is 4.76. The fourth-order valence-corrected chi connectivity index (χ4v) is 0.949. The van der Waals surface area contributed by atoms with Gasteiger partial charge in [0.1, 0.15) is 0 Å². The van der Waals surface area contributed by atoms with E-state index in [0.717, 1.165) is 26.2 Å². The molecule has 0 aromatic carbocycles. The zero-order valence-electron chi connectivity index (χ0n) is 8.95. The predicted octanol–water partition coefficient (Wildman–Crippen LogP) is -0.371. The van der Waals surface area contributed by atoms with E-state index in [9.17, 15) is 4.79 Å². The molecule has 0 saturated heterocycles. The number of aliphatic carboxylic acids is 1. The highest BCUT2D eigenvalue weighted by molar-refractivity contribution is 5.66. The molecule has 0 saturated carbocycles. The maximum Gasteiger partial charge on any atom is 0.304 e. The highest BCUT2D eigenvalue weighted by Crippen LogP contribution is 1.81. The SMILES string of the molecule is COCCN(C)CCNCCC(=O)O. The van der Waals surface area contributed by atoms with Crippen molar-refractivity contribution in [2.24, 2.45) is 0 Å². The van der Waals surface area contributed by atoms with E-state index in [1.54, 1.807) is 7.11 Å². The first kappa shape index (κ1) is 13.4. The standard InChI is InChI=1S/C9H20N2O3/c1-11(7-8-14-2)6-5-10-4-3-9(12)13/h10H,3-8H2,1-2H3,(H,12,13). The van der Waals surface area contributed by atoms with Crippen LogP contribution in [0.15, 0.2) is 0 Å². The quantitative estimate of drug-likeness (QED) is 0.502. The molecule has 0 heterocycles. The van der Waals surface area contributed by atoms with Gasteiger partial charge in [-0.3, -0.25) is 4.79 Å². The molecule has 0 aliphatic carbocycles. The van der Waals surface area contributed by atoms with Gasteiger partial charge >= 0.3 is 5.97 Å². The zero-order chi connectivity index (χ0) is 10.8. The average Bonchev–Trinajstić information content (AvgIpc) is 2.13. The number of likely N-dealkylation sites (N-methyl/N-ethyl adjacent to an activating group) is 1. The Morgan fingerprint density at radius 2 is 2.14 bits per heavy atom. The van der Waals surface area contributed by atoms with Gasteiger partial charge in [0.15, 0.2) is 0 Å². The second-order valence-corrected chi connectivity index (χ2v) is 3.19. The molecule has 0 aliphatic rings. The van der Waals surface area contributed by atoms with Crippen molar-refractivity contribution in [3.8, 4) is 0 Å². The first-order valence-corrected chi connectivity index (χ1v) is 4.76. The molecule has 0 aromatic rings. The van der Waals surface area contributed by atoms with Gasteiger partial charge in [0.05, 0.1) is 13.0 Å². The molecule has 0 bridgehead atoms. The molecular formula is C9H20N2O3. The Bertz CT molecular complexity index is 153. The van der Waals surface area contributed by atoms with E-state index in [1.165, 1.54) is 0 Å². The summed E-state index contributed by atoms with van der Waals surface area (Å²) in [6, 6.07) is 0. The second kappa shape index (κ2) is 8.93. The van der Waals surface area contributed by atoms with Crippen LogP contribution in [0.1, 0.15) is 6.42 Å². The number of carbonyl (C=O) groups is 1. The molecule has 0 amide bonds. The molecule has 0 unspecified atom stereocenters. The van der Waals surface area contributed by atoms with Crippen molar-refractivity contribution in [3.05, 3.63) is 0 Å². The fourth-order valence-electron chi connectivity index (χ4n) is 0.949. The Kier molecular flexibility index (Phi) is 8.51. The lowest BCUT2D eigenvalue weighted by atomic mass is 10.4. The lowest BCUT2D eigenvalue weighted by molar-refractivity contribution is -0.136. The number of carboxylic acids is 1. The largest absolute Gasteiger partial charge is 0.481 e. The number of nitrogens with one attached hydrogen (secondary N) is 1. The van der Waals surface area contributed by atoms with E-state index in [0.29, 0.717) is 6.54 Å². The third kappa shape index (κ3) is 9.44. The average molecular weight is 204 g/mol. The first-order chi connectivity index (χ1) is 6.66. The van der Waals surface area contributed by atoms with Crippen molar-refractivity contribution in [1.29, 1.82) is 0 Å². The van der Waals surface area contributed by atoms with Crippen LogP contribution in [0.5, 0.6) is 0 Å². The van der Waals surface area contributed by atoms with Gasteiger partial charge < -0.3 is 20.1 Å². The molecule has 0 atom stereocenters. The summed E-state index contributed by atoms with van der Waals surface area (Å²) in [6.45, 7) is 3.88. The van der Waals surface area contributed by atoms with Crippen molar-refractivity contribution < 1.29 is 14.6 Å². The monoisotopic (exact) mass is 204 g/mol. The van der Waals surface area contributed by atoms with E-state index in [2.05, 4.69) is 10.2 Å². The predicted molar refractivity (Wildman–Crippen MR) is 54.5 cm³/mol. The molecule has 2 N–H and O–H groups in total. The van der Waals surface area contributed by atoms with Crippen LogP contribution in [0.4, 0.5) is 0 Å². The highest BCUT2D eigenvalue weighted by Gasteiger charge is 1.98. The van der Waals surface area contributed by atoms with E-state index in [4.69, 9.17) is 9.84 Å². The normalized spacial score (nSPS) is 10.8. The van der Waals surface area contributed by atoms with Gasteiger partial charge in [-0.1, -0.05) is 0 Å². The van der Waals surface area contributed by atoms with Crippen LogP contribution in [0.3, 0.4) is 0 Å². The molecule has 0 rings (SSSR count). The summed E-state index contributed by atoms with van der Waals surface area (Å²) in [7, 11) is 3.69. The molecule has 0 spiro atoms. The fraction of sp³-hybridized carbons (Fsp3) is 0.889. The Labute approximate surface area is 85.0 Å². The van der Waals surface area contributed by atoms with Crippen LogP contribution in [0, 0.1) is 0 Å². The van der Waals surface area contributed by atoms with Crippen molar-refractivity contribution >= 4 is 5.97 Å². The molecule has 14 heavy (non-hydrogen) atoms. The Balaban J connectivity index is 3.14. The van der Waals surface area contributed by atoms with Gasteiger partial charge in [0.2, 0.25) is 0 Å². The summed E-state index contributed by atoms with van der Waals surface area (Å²) < 4.78 is 4.93. The van der Waals surface area contributed by atoms with Gasteiger partial charge in [-0.05, 0) is 7.05 Å². The molecule has 5 heteroatoms. The molecule has 0 fully saturated rings. The van der Waals surface area contributed by atoms with Crippen molar-refractivity contribution in [1.82, 2.24) is 10.2 Å². The molecule has 0 radical (unpaired) electrons. The summed E-state index contributed by atoms with van der Waals surface area (Å²) in [5.41, 5.74) is 0. The Morgan fingerprint density at radius 3 is 2.71 bits per heavy atom. The molecule has 5 nitrogen and oxygen atoms in total. The van der Waals surface area contributed by atoms with Crippen LogP contribution in [0.25, 0.3) is 0 Å². The minimum absolute atomic E-state index is 0.182. The van der Waals surface area contributed by atoms with Crippen LogP contribution in [0.2, 0.25) is 0 Å². The lowest BCUT2D eigenvalue weighted by Gasteiger charge is -2.15. The lowest BCUT2D eigenvalue weighted by Crippen LogP contribution is -2.32. The number of nitrogens with zero attached hydrogens (tertiary/aromatic N) is 1. The molecular weight excluding hydrogens is 184 g/mol. The number of methoxy groups -OCH3 is 1. The van der Waals surface area contributed by atoms with Crippen LogP contribution < -0.4 is 5.32 Å². The van der Waals surface area contributed by atoms with Gasteiger partial charge in [-0.15, -0.1) is 0 Å². The second-order valence-electron chi connectivity index (χ2n) is 3.19. The minimum atomic E-state index is -0.759. The minimum Gasteiger partial charge on any atom is -0.481 e. The van der Waals surface area contributed by atoms with Gasteiger partial charge in [-0.2, -0.15) is 0 Å². The molecule has 0 aromatic heterocycles. The number of ether oxygens (including phenoxy) is 1. The maximum atomic E-state index is 10.2. The Morgan fingerprint density at radius 1 is 1.43 bits per heavy atom. The van der Waals surface area contributed by atoms with Crippen molar-refractivity contribution in [3.63, 3.8) is 0 Å². The number of hydrogen-bond acceptors (Lipinski definition) is 4. The summed E-state index contributed by atoms with van der Waals surface area (Å²) in [4.78, 5) is 12.3. The highest BCUT2D eigenvalue weighted by atomic mass is 16.5. The van der Waals surface area contributed by atoms with E-state index >= 15 is 0 Å². The van der Waals surface area contributed by atoms with Crippen molar-refractivity contribution in [2.45, 2.75) is 6.42 Å². The maximum absolute atomic E-state index is 10.2. The molecule has 84 valence electrons. The number of rotatable bonds is 9. The molecule has 0 aliphatic heterocycles. The van der Waals surface area contributed by atoms with E-state index in [1.807, 2.05) is 7.05 Å². The zero-order valence-corrected chi connectivity index (χ0v) is 8.95. The third-order valence-electron chi connectivity index (χ3n) is 1.86. The Hall–Kier alpha value is -0.650. The smallest absolute Gasteiger partial charge is 0.304 e. The summed E-state index contributed by atoms with van der Waals surface area (Å²) in [6.07, 6.45) is 0.182. The van der Waals surface area contributed by atoms with Gasteiger partial charge in [0, 0.05) is 33.3 Å². The summed E-state index contributed by atoms with van der Waals surface area (Å²) in [5.74, 6) is -0.759. The topological polar surface area (TPSA) is 61.8 Å². The van der Waals surface area contributed by atoms with Gasteiger partial charge in [0.25, 0.3) is 0 Å². The van der Waals surface area contributed by atoms with E-state index in [-0.39, 0.29) is 6.42 Å². The summed E-state index contributed by atoms with van der Waals surface area (Å²) >= 11 is 0. The number of carboxylic acid groups (broad SMARTS) is 1. The van der Waals surface area contributed by atoms with Gasteiger partial charge in [-0.25, -0.2) is 0 Å². The summed E-state index contributed by atoms with van der Waals surface area (Å²) in [5, 5.41) is 11.4.